The van der Waals surface area contributed by atoms with Crippen molar-refractivity contribution in [3.05, 3.63) is 30.0 Å². The molecule has 3 rings (SSSR count). The van der Waals surface area contributed by atoms with Gasteiger partial charge in [0.25, 0.3) is 0 Å². The second-order valence-corrected chi connectivity index (χ2v) is 5.45. The van der Waals surface area contributed by atoms with Gasteiger partial charge >= 0.3 is 0 Å². The van der Waals surface area contributed by atoms with E-state index in [0.29, 0.717) is 5.75 Å². The summed E-state index contributed by atoms with van der Waals surface area (Å²) in [5.74, 6) is 0.393. The zero-order valence-corrected chi connectivity index (χ0v) is 11.6. The molecule has 2 heterocycles. The monoisotopic (exact) mass is 258 g/mol. The van der Waals surface area contributed by atoms with Gasteiger partial charge in [-0.1, -0.05) is 18.6 Å². The van der Waals surface area contributed by atoms with Crippen molar-refractivity contribution in [1.29, 1.82) is 0 Å². The Bertz CT molecular complexity index is 567. The highest BCUT2D eigenvalue weighted by atomic mass is 16.3. The predicted molar refractivity (Wildman–Crippen MR) is 78.4 cm³/mol. The van der Waals surface area contributed by atoms with Crippen LogP contribution in [0.15, 0.2) is 24.4 Å². The number of piperidine rings is 1. The van der Waals surface area contributed by atoms with Gasteiger partial charge in [-0.05, 0) is 44.5 Å². The number of benzene rings is 1. The van der Waals surface area contributed by atoms with Gasteiger partial charge in [0.05, 0.1) is 5.52 Å². The van der Waals surface area contributed by atoms with E-state index in [4.69, 9.17) is 0 Å². The summed E-state index contributed by atoms with van der Waals surface area (Å²) < 4.78 is 2.16. The SMILES string of the molecule is CCn1cc(CN2CCCCC2)c2cccc(O)c21. The molecular weight excluding hydrogens is 236 g/mol. The van der Waals surface area contributed by atoms with E-state index >= 15 is 0 Å². The highest BCUT2D eigenvalue weighted by Gasteiger charge is 2.15. The zero-order chi connectivity index (χ0) is 13.2. The molecule has 102 valence electrons. The molecule has 0 unspecified atom stereocenters. The number of fused-ring (bicyclic) bond motifs is 1. The lowest BCUT2D eigenvalue weighted by Crippen LogP contribution is -2.28. The topological polar surface area (TPSA) is 28.4 Å². The number of aryl methyl sites for hydroxylation is 1. The Morgan fingerprint density at radius 2 is 1.95 bits per heavy atom. The zero-order valence-electron chi connectivity index (χ0n) is 11.6. The first kappa shape index (κ1) is 12.5. The average Bonchev–Trinajstić information content (AvgIpc) is 2.80. The van der Waals surface area contributed by atoms with Gasteiger partial charge in [-0.2, -0.15) is 0 Å². The summed E-state index contributed by atoms with van der Waals surface area (Å²) in [5.41, 5.74) is 2.33. The van der Waals surface area contributed by atoms with Gasteiger partial charge in [-0.25, -0.2) is 0 Å². The molecule has 1 saturated heterocycles. The maximum atomic E-state index is 10.1. The number of phenolic OH excluding ortho intramolecular Hbond substituents is 1. The maximum absolute atomic E-state index is 10.1. The standard InChI is InChI=1S/C16H22N2O/c1-2-18-12-13(11-17-9-4-3-5-10-17)14-7-6-8-15(19)16(14)18/h6-8,12,19H,2-5,9-11H2,1H3. The molecule has 19 heavy (non-hydrogen) atoms. The van der Waals surface area contributed by atoms with Crippen LogP contribution in [0.3, 0.4) is 0 Å². The predicted octanol–water partition coefficient (Wildman–Crippen LogP) is 3.35. The molecule has 0 radical (unpaired) electrons. The third-order valence-electron chi connectivity index (χ3n) is 4.14. The Labute approximate surface area is 114 Å². The number of para-hydroxylation sites is 1. The Hall–Kier alpha value is -1.48. The van der Waals surface area contributed by atoms with Crippen LogP contribution in [0.5, 0.6) is 5.75 Å². The summed E-state index contributed by atoms with van der Waals surface area (Å²) in [6.45, 7) is 6.44. The number of aromatic nitrogens is 1. The molecule has 1 aromatic heterocycles. The number of aromatic hydroxyl groups is 1. The first-order valence-corrected chi connectivity index (χ1v) is 7.31. The lowest BCUT2D eigenvalue weighted by Gasteiger charge is -2.26. The minimum absolute atomic E-state index is 0.393. The van der Waals surface area contributed by atoms with Crippen molar-refractivity contribution in [2.45, 2.75) is 39.3 Å². The van der Waals surface area contributed by atoms with Gasteiger partial charge < -0.3 is 9.67 Å². The van der Waals surface area contributed by atoms with Crippen LogP contribution in [0.4, 0.5) is 0 Å². The summed E-state index contributed by atoms with van der Waals surface area (Å²) in [6.07, 6.45) is 6.21. The largest absolute Gasteiger partial charge is 0.506 e. The number of hydrogen-bond acceptors (Lipinski definition) is 2. The van der Waals surface area contributed by atoms with Gasteiger partial charge in [-0.3, -0.25) is 4.90 Å². The third-order valence-corrected chi connectivity index (χ3v) is 4.14. The molecule has 1 aliphatic heterocycles. The van der Waals surface area contributed by atoms with Crippen LogP contribution >= 0.6 is 0 Å². The molecule has 2 aromatic rings. The molecule has 0 saturated carbocycles. The summed E-state index contributed by atoms with van der Waals surface area (Å²) >= 11 is 0. The summed E-state index contributed by atoms with van der Waals surface area (Å²) in [4.78, 5) is 2.53. The van der Waals surface area contributed by atoms with E-state index in [1.165, 1.54) is 43.3 Å². The first-order valence-electron chi connectivity index (χ1n) is 7.31. The van der Waals surface area contributed by atoms with Crippen LogP contribution in [-0.4, -0.2) is 27.7 Å². The van der Waals surface area contributed by atoms with E-state index in [0.717, 1.165) is 18.6 Å². The maximum Gasteiger partial charge on any atom is 0.139 e. The van der Waals surface area contributed by atoms with Crippen LogP contribution in [0.2, 0.25) is 0 Å². The minimum atomic E-state index is 0.393. The molecule has 1 aromatic carbocycles. The van der Waals surface area contributed by atoms with E-state index in [2.05, 4.69) is 28.7 Å². The highest BCUT2D eigenvalue weighted by molar-refractivity contribution is 5.88. The van der Waals surface area contributed by atoms with Crippen molar-refractivity contribution in [2.75, 3.05) is 13.1 Å². The normalized spacial score (nSPS) is 17.1. The number of phenols is 1. The smallest absolute Gasteiger partial charge is 0.139 e. The van der Waals surface area contributed by atoms with E-state index in [1.807, 2.05) is 6.07 Å². The summed E-state index contributed by atoms with van der Waals surface area (Å²) in [5, 5.41) is 11.3. The molecule has 1 fully saturated rings. The van der Waals surface area contributed by atoms with Crippen molar-refractivity contribution < 1.29 is 5.11 Å². The Morgan fingerprint density at radius 1 is 1.16 bits per heavy atom. The molecule has 3 nitrogen and oxygen atoms in total. The van der Waals surface area contributed by atoms with Crippen molar-refractivity contribution >= 4 is 10.9 Å². The molecule has 0 atom stereocenters. The van der Waals surface area contributed by atoms with Crippen molar-refractivity contribution in [3.63, 3.8) is 0 Å². The van der Waals surface area contributed by atoms with Crippen LogP contribution in [-0.2, 0) is 13.1 Å². The highest BCUT2D eigenvalue weighted by Crippen LogP contribution is 2.30. The van der Waals surface area contributed by atoms with Gasteiger partial charge in [0.2, 0.25) is 0 Å². The second-order valence-electron chi connectivity index (χ2n) is 5.45. The van der Waals surface area contributed by atoms with E-state index in [1.54, 1.807) is 6.07 Å². The molecular formula is C16H22N2O. The molecule has 1 N–H and O–H groups in total. The van der Waals surface area contributed by atoms with Gasteiger partial charge in [0.1, 0.15) is 5.75 Å². The fourth-order valence-corrected chi connectivity index (χ4v) is 3.15. The lowest BCUT2D eigenvalue weighted by molar-refractivity contribution is 0.221. The van der Waals surface area contributed by atoms with Crippen molar-refractivity contribution in [2.24, 2.45) is 0 Å². The number of hydrogen-bond donors (Lipinski definition) is 1. The molecule has 0 amide bonds. The third kappa shape index (κ3) is 2.35. The Balaban J connectivity index is 1.96. The van der Waals surface area contributed by atoms with Gasteiger partial charge in [-0.15, -0.1) is 0 Å². The van der Waals surface area contributed by atoms with Crippen LogP contribution < -0.4 is 0 Å². The number of likely N-dealkylation sites (tertiary alicyclic amines) is 1. The fraction of sp³-hybridized carbons (Fsp3) is 0.500. The second kappa shape index (κ2) is 5.25. The summed E-state index contributed by atoms with van der Waals surface area (Å²) in [7, 11) is 0. The number of nitrogens with zero attached hydrogens (tertiary/aromatic N) is 2. The van der Waals surface area contributed by atoms with Crippen LogP contribution in [0.1, 0.15) is 31.7 Å². The molecule has 0 spiro atoms. The first-order chi connectivity index (χ1) is 9.29. The van der Waals surface area contributed by atoms with Crippen molar-refractivity contribution in [1.82, 2.24) is 9.47 Å². The lowest BCUT2D eigenvalue weighted by atomic mass is 10.1. The van der Waals surface area contributed by atoms with Crippen LogP contribution in [0.25, 0.3) is 10.9 Å². The van der Waals surface area contributed by atoms with E-state index in [9.17, 15) is 5.11 Å². The molecule has 0 aliphatic carbocycles. The Kier molecular flexibility index (Phi) is 3.47. The van der Waals surface area contributed by atoms with Gasteiger partial charge in [0, 0.05) is 24.7 Å². The summed E-state index contributed by atoms with van der Waals surface area (Å²) in [6, 6.07) is 5.84. The van der Waals surface area contributed by atoms with Crippen LogP contribution in [0, 0.1) is 0 Å². The average molecular weight is 258 g/mol. The fourth-order valence-electron chi connectivity index (χ4n) is 3.15. The minimum Gasteiger partial charge on any atom is -0.506 e. The quantitative estimate of drug-likeness (QED) is 0.914. The molecule has 0 bridgehead atoms. The molecule has 3 heteroatoms. The van der Waals surface area contributed by atoms with Gasteiger partial charge in [0.15, 0.2) is 0 Å². The van der Waals surface area contributed by atoms with E-state index < -0.39 is 0 Å². The molecule has 1 aliphatic rings. The van der Waals surface area contributed by atoms with Crippen molar-refractivity contribution in [3.8, 4) is 5.75 Å². The van der Waals surface area contributed by atoms with E-state index in [-0.39, 0.29) is 0 Å². The Morgan fingerprint density at radius 3 is 2.68 bits per heavy atom. The number of rotatable bonds is 3.